The zero-order valence-electron chi connectivity index (χ0n) is 9.90. The van der Waals surface area contributed by atoms with Gasteiger partial charge in [0.1, 0.15) is 0 Å². The van der Waals surface area contributed by atoms with Crippen LogP contribution in [-0.2, 0) is 15.6 Å². The highest BCUT2D eigenvalue weighted by Crippen LogP contribution is 2.39. The van der Waals surface area contributed by atoms with Crippen LogP contribution in [0.15, 0.2) is 29.2 Å². The maximum absolute atomic E-state index is 12.2. The van der Waals surface area contributed by atoms with E-state index >= 15 is 0 Å². The fraction of sp³-hybridized carbons (Fsp3) is 0.250. The highest BCUT2D eigenvalue weighted by Gasteiger charge is 2.31. The Kier molecular flexibility index (Phi) is 2.41. The van der Waals surface area contributed by atoms with Crippen LogP contribution in [0.3, 0.4) is 0 Å². The Morgan fingerprint density at radius 3 is 2.94 bits per heavy atom. The number of fused-ring (bicyclic) bond motifs is 3. The van der Waals surface area contributed by atoms with Gasteiger partial charge in [-0.05, 0) is 13.0 Å². The summed E-state index contributed by atoms with van der Waals surface area (Å²) in [4.78, 5) is 0.379. The Bertz CT molecular complexity index is 704. The Morgan fingerprint density at radius 2 is 2.17 bits per heavy atom. The van der Waals surface area contributed by atoms with Crippen molar-refractivity contribution in [2.24, 2.45) is 0 Å². The number of aromatic nitrogens is 2. The highest BCUT2D eigenvalue weighted by atomic mass is 32.2. The molecule has 0 saturated carbocycles. The van der Waals surface area contributed by atoms with E-state index in [2.05, 4.69) is 15.5 Å². The van der Waals surface area contributed by atoms with Crippen LogP contribution in [0.2, 0.25) is 0 Å². The predicted molar refractivity (Wildman–Crippen MR) is 69.1 cm³/mol. The molecule has 3 rings (SSSR count). The summed E-state index contributed by atoms with van der Waals surface area (Å²) in [5, 5.41) is 10.2. The van der Waals surface area contributed by atoms with Crippen molar-refractivity contribution in [3.05, 3.63) is 29.8 Å². The van der Waals surface area contributed by atoms with E-state index in [4.69, 9.17) is 0 Å². The lowest BCUT2D eigenvalue weighted by Gasteiger charge is -2.16. The molecule has 1 aromatic carbocycles. The number of hydrogen-bond acceptors (Lipinski definition) is 4. The minimum Gasteiger partial charge on any atom is -0.369 e. The van der Waals surface area contributed by atoms with E-state index < -0.39 is 9.84 Å². The molecule has 1 aromatic heterocycles. The van der Waals surface area contributed by atoms with Gasteiger partial charge in [0.15, 0.2) is 15.7 Å². The van der Waals surface area contributed by atoms with Crippen molar-refractivity contribution in [1.82, 2.24) is 10.2 Å². The molecule has 5 nitrogen and oxygen atoms in total. The molecule has 0 saturated heterocycles. The van der Waals surface area contributed by atoms with Gasteiger partial charge >= 0.3 is 0 Å². The van der Waals surface area contributed by atoms with Gasteiger partial charge in [-0.2, -0.15) is 5.10 Å². The minimum atomic E-state index is -3.27. The average molecular weight is 263 g/mol. The van der Waals surface area contributed by atoms with Crippen molar-refractivity contribution < 1.29 is 8.42 Å². The van der Waals surface area contributed by atoms with E-state index in [0.717, 1.165) is 11.3 Å². The quantitative estimate of drug-likeness (QED) is 0.866. The van der Waals surface area contributed by atoms with E-state index in [9.17, 15) is 8.42 Å². The van der Waals surface area contributed by atoms with E-state index in [1.165, 1.54) is 0 Å². The summed E-state index contributed by atoms with van der Waals surface area (Å²) in [7, 11) is -3.27. The maximum Gasteiger partial charge on any atom is 0.183 e. The molecule has 0 aliphatic carbocycles. The number of nitrogens with zero attached hydrogens (tertiary/aromatic N) is 1. The zero-order chi connectivity index (χ0) is 12.8. The lowest BCUT2D eigenvalue weighted by atomic mass is 10.1. The molecule has 2 aromatic rings. The molecule has 0 spiro atoms. The van der Waals surface area contributed by atoms with Gasteiger partial charge in [-0.15, -0.1) is 0 Å². The van der Waals surface area contributed by atoms with Crippen LogP contribution in [0.1, 0.15) is 12.5 Å². The SMILES string of the molecule is CCNc1n[nH]c2c1CS(=O)(=O)c1ccccc1-2. The monoisotopic (exact) mass is 263 g/mol. The predicted octanol–water partition coefficient (Wildman–Crippen LogP) is 1.80. The number of sulfone groups is 1. The molecule has 2 N–H and O–H groups in total. The normalized spacial score (nSPS) is 15.8. The van der Waals surface area contributed by atoms with Crippen LogP contribution in [-0.4, -0.2) is 25.2 Å². The molecule has 18 heavy (non-hydrogen) atoms. The number of benzene rings is 1. The molecule has 0 fully saturated rings. The Labute approximate surface area is 105 Å². The number of rotatable bonds is 2. The Hall–Kier alpha value is -1.82. The smallest absolute Gasteiger partial charge is 0.183 e. The van der Waals surface area contributed by atoms with Gasteiger partial charge in [0.25, 0.3) is 0 Å². The molecule has 94 valence electrons. The molecular weight excluding hydrogens is 250 g/mol. The van der Waals surface area contributed by atoms with E-state index in [1.807, 2.05) is 13.0 Å². The van der Waals surface area contributed by atoms with Crippen LogP contribution in [0, 0.1) is 0 Å². The van der Waals surface area contributed by atoms with Crippen molar-refractivity contribution in [3.8, 4) is 11.3 Å². The first-order valence-corrected chi connectivity index (χ1v) is 7.42. The first-order chi connectivity index (χ1) is 8.63. The lowest BCUT2D eigenvalue weighted by Crippen LogP contribution is -2.13. The van der Waals surface area contributed by atoms with Crippen molar-refractivity contribution >= 4 is 15.7 Å². The zero-order valence-corrected chi connectivity index (χ0v) is 10.7. The molecule has 2 heterocycles. The topological polar surface area (TPSA) is 74.8 Å². The third-order valence-electron chi connectivity index (χ3n) is 3.04. The van der Waals surface area contributed by atoms with Crippen LogP contribution < -0.4 is 5.32 Å². The summed E-state index contributed by atoms with van der Waals surface area (Å²) in [6, 6.07) is 7.01. The van der Waals surface area contributed by atoms with Gasteiger partial charge in [0.05, 0.1) is 16.3 Å². The summed E-state index contributed by atoms with van der Waals surface area (Å²) >= 11 is 0. The third-order valence-corrected chi connectivity index (χ3v) is 4.73. The van der Waals surface area contributed by atoms with E-state index in [1.54, 1.807) is 18.2 Å². The molecule has 0 amide bonds. The second-order valence-electron chi connectivity index (χ2n) is 4.21. The van der Waals surface area contributed by atoms with Crippen LogP contribution in [0.5, 0.6) is 0 Å². The average Bonchev–Trinajstić information content (AvgIpc) is 2.73. The maximum atomic E-state index is 12.2. The molecule has 1 aliphatic heterocycles. The van der Waals surface area contributed by atoms with E-state index in [-0.39, 0.29) is 5.75 Å². The fourth-order valence-corrected chi connectivity index (χ4v) is 3.86. The van der Waals surface area contributed by atoms with E-state index in [0.29, 0.717) is 22.8 Å². The van der Waals surface area contributed by atoms with Crippen LogP contribution in [0.4, 0.5) is 5.82 Å². The summed E-state index contributed by atoms with van der Waals surface area (Å²) in [6.45, 7) is 2.66. The molecule has 1 aliphatic rings. The summed E-state index contributed by atoms with van der Waals surface area (Å²) in [5.74, 6) is 0.628. The van der Waals surface area contributed by atoms with Gasteiger partial charge in [-0.25, -0.2) is 8.42 Å². The molecule has 6 heteroatoms. The van der Waals surface area contributed by atoms with Crippen molar-refractivity contribution in [2.45, 2.75) is 17.6 Å². The van der Waals surface area contributed by atoms with Crippen molar-refractivity contribution in [2.75, 3.05) is 11.9 Å². The largest absolute Gasteiger partial charge is 0.369 e. The molecular formula is C12H13N3O2S. The minimum absolute atomic E-state index is 0.00181. The summed E-state index contributed by atoms with van der Waals surface area (Å²) in [5.41, 5.74) is 2.24. The van der Waals surface area contributed by atoms with Crippen molar-refractivity contribution in [1.29, 1.82) is 0 Å². The Morgan fingerprint density at radius 1 is 1.39 bits per heavy atom. The fourth-order valence-electron chi connectivity index (χ4n) is 2.25. The van der Waals surface area contributed by atoms with Gasteiger partial charge in [0, 0.05) is 17.7 Å². The number of H-pyrrole nitrogens is 1. The van der Waals surface area contributed by atoms with Crippen LogP contribution in [0.25, 0.3) is 11.3 Å². The molecule has 0 bridgehead atoms. The molecule has 0 atom stereocenters. The lowest BCUT2D eigenvalue weighted by molar-refractivity contribution is 0.594. The van der Waals surface area contributed by atoms with Gasteiger partial charge in [0.2, 0.25) is 0 Å². The standard InChI is InChI=1S/C12H13N3O2S/c1-2-13-12-9-7-18(16,17)10-6-4-3-5-8(10)11(9)14-15-12/h3-6H,2,7H2,1H3,(H2,13,14,15). The van der Waals surface area contributed by atoms with Gasteiger partial charge < -0.3 is 5.32 Å². The highest BCUT2D eigenvalue weighted by molar-refractivity contribution is 7.90. The number of nitrogens with one attached hydrogen (secondary N) is 2. The van der Waals surface area contributed by atoms with Gasteiger partial charge in [-0.1, -0.05) is 18.2 Å². The number of aromatic amines is 1. The molecule has 0 radical (unpaired) electrons. The summed E-state index contributed by atoms with van der Waals surface area (Å²) in [6.07, 6.45) is 0. The third kappa shape index (κ3) is 1.53. The first-order valence-electron chi connectivity index (χ1n) is 5.76. The first kappa shape index (κ1) is 11.3. The van der Waals surface area contributed by atoms with Crippen molar-refractivity contribution in [3.63, 3.8) is 0 Å². The number of anilines is 1. The van der Waals surface area contributed by atoms with Crippen LogP contribution >= 0.6 is 0 Å². The number of hydrogen-bond donors (Lipinski definition) is 2. The molecule has 0 unspecified atom stereocenters. The summed E-state index contributed by atoms with van der Waals surface area (Å²) < 4.78 is 24.4. The van der Waals surface area contributed by atoms with Gasteiger partial charge in [-0.3, -0.25) is 5.10 Å². The second kappa shape index (κ2) is 3.84. The Balaban J connectivity index is 2.27. The second-order valence-corrected chi connectivity index (χ2v) is 6.17.